The van der Waals surface area contributed by atoms with Gasteiger partial charge in [-0.25, -0.2) is 15.0 Å². The Kier molecular flexibility index (Phi) is 3.75. The van der Waals surface area contributed by atoms with Crippen LogP contribution in [0.1, 0.15) is 61.7 Å². The fourth-order valence-electron chi connectivity index (χ4n) is 5.69. The zero-order valence-corrected chi connectivity index (χ0v) is 18.6. The second-order valence-electron chi connectivity index (χ2n) is 9.88. The van der Waals surface area contributed by atoms with Gasteiger partial charge in [-0.1, -0.05) is 20.8 Å². The Balaban J connectivity index is 1.72. The summed E-state index contributed by atoms with van der Waals surface area (Å²) in [6, 6.07) is 8.04. The van der Waals surface area contributed by atoms with E-state index in [1.54, 1.807) is 6.20 Å². The van der Waals surface area contributed by atoms with Gasteiger partial charge in [0.15, 0.2) is 0 Å². The van der Waals surface area contributed by atoms with Crippen molar-refractivity contribution in [2.24, 2.45) is 5.41 Å². The summed E-state index contributed by atoms with van der Waals surface area (Å²) in [5.74, 6) is 0.568. The van der Waals surface area contributed by atoms with Crippen molar-refractivity contribution < 1.29 is 4.79 Å². The van der Waals surface area contributed by atoms with Gasteiger partial charge in [0.05, 0.1) is 27.8 Å². The van der Waals surface area contributed by atoms with Gasteiger partial charge in [0, 0.05) is 11.6 Å². The lowest BCUT2D eigenvalue weighted by Crippen LogP contribution is -2.48. The number of carbonyl (C=O) groups excluding carboxylic acids is 1. The highest BCUT2D eigenvalue weighted by molar-refractivity contribution is 6.01. The number of rotatable bonds is 2. The number of fused-ring (bicyclic) bond motifs is 6. The van der Waals surface area contributed by atoms with Gasteiger partial charge in [-0.2, -0.15) is 0 Å². The molecule has 0 saturated heterocycles. The van der Waals surface area contributed by atoms with Crippen LogP contribution in [0.3, 0.4) is 0 Å². The van der Waals surface area contributed by atoms with Crippen molar-refractivity contribution in [1.82, 2.24) is 15.0 Å². The molecule has 2 atom stereocenters. The van der Waals surface area contributed by atoms with Gasteiger partial charge in [-0.3, -0.25) is 4.79 Å². The van der Waals surface area contributed by atoms with Crippen LogP contribution in [0.25, 0.3) is 11.0 Å². The van der Waals surface area contributed by atoms with E-state index in [4.69, 9.17) is 9.97 Å². The van der Waals surface area contributed by atoms with Gasteiger partial charge >= 0.3 is 0 Å². The summed E-state index contributed by atoms with van der Waals surface area (Å²) in [5.41, 5.74) is 5.86. The summed E-state index contributed by atoms with van der Waals surface area (Å²) in [5, 5.41) is 3.11. The second kappa shape index (κ2) is 5.87. The molecule has 5 nitrogen and oxygen atoms in total. The van der Waals surface area contributed by atoms with E-state index in [1.807, 2.05) is 19.1 Å². The summed E-state index contributed by atoms with van der Waals surface area (Å²) in [7, 11) is 0. The number of anilines is 1. The van der Waals surface area contributed by atoms with Crippen molar-refractivity contribution >= 4 is 22.8 Å². The highest BCUT2D eigenvalue weighted by Crippen LogP contribution is 2.70. The molecule has 1 aromatic carbocycles. The minimum Gasteiger partial charge on any atom is -0.310 e. The van der Waals surface area contributed by atoms with Crippen LogP contribution in [0, 0.1) is 26.2 Å². The lowest BCUT2D eigenvalue weighted by Gasteiger charge is -2.39. The molecule has 2 aromatic heterocycles. The van der Waals surface area contributed by atoms with E-state index in [1.165, 1.54) is 11.1 Å². The topological polar surface area (TPSA) is 67.8 Å². The lowest BCUT2D eigenvalue weighted by molar-refractivity contribution is -0.125. The summed E-state index contributed by atoms with van der Waals surface area (Å²) in [6.07, 6.45) is 3.42. The molecule has 5 heteroatoms. The van der Waals surface area contributed by atoms with Crippen molar-refractivity contribution in [2.75, 3.05) is 5.32 Å². The number of aryl methyl sites for hydroxylation is 3. The van der Waals surface area contributed by atoms with Gasteiger partial charge in [0.1, 0.15) is 5.82 Å². The van der Waals surface area contributed by atoms with Crippen molar-refractivity contribution in [2.45, 2.75) is 65.2 Å². The molecule has 2 heterocycles. The molecule has 30 heavy (non-hydrogen) atoms. The Hall–Kier alpha value is -2.82. The average molecular weight is 401 g/mol. The van der Waals surface area contributed by atoms with Crippen LogP contribution in [-0.4, -0.2) is 20.9 Å². The maximum atomic E-state index is 13.9. The molecule has 154 valence electrons. The van der Waals surface area contributed by atoms with E-state index in [-0.39, 0.29) is 16.7 Å². The molecule has 2 bridgehead atoms. The van der Waals surface area contributed by atoms with Gasteiger partial charge in [-0.15, -0.1) is 0 Å². The second-order valence-corrected chi connectivity index (χ2v) is 9.88. The first-order valence-corrected chi connectivity index (χ1v) is 10.6. The average Bonchev–Trinajstić information content (AvgIpc) is 2.97. The largest absolute Gasteiger partial charge is 0.310 e. The summed E-state index contributed by atoms with van der Waals surface area (Å²) in [6.45, 7) is 12.8. The highest BCUT2D eigenvalue weighted by Gasteiger charge is 2.73. The number of hydrogen-bond donors (Lipinski definition) is 1. The van der Waals surface area contributed by atoms with Gasteiger partial charge in [0.25, 0.3) is 0 Å². The van der Waals surface area contributed by atoms with E-state index < -0.39 is 5.41 Å². The summed E-state index contributed by atoms with van der Waals surface area (Å²) < 4.78 is 0. The smallest absolute Gasteiger partial charge is 0.238 e. The number of nitrogens with one attached hydrogen (secondary N) is 1. The van der Waals surface area contributed by atoms with Crippen LogP contribution in [0.2, 0.25) is 0 Å². The number of benzene rings is 1. The molecule has 2 unspecified atom stereocenters. The monoisotopic (exact) mass is 400 g/mol. The minimum atomic E-state index is -0.720. The predicted octanol–water partition coefficient (Wildman–Crippen LogP) is 4.92. The molecular weight excluding hydrogens is 372 g/mol. The molecular formula is C25H28N4O. The minimum absolute atomic E-state index is 0.0226. The first-order valence-electron chi connectivity index (χ1n) is 10.6. The van der Waals surface area contributed by atoms with E-state index in [9.17, 15) is 4.79 Å². The Morgan fingerprint density at radius 3 is 2.20 bits per heavy atom. The molecule has 0 radical (unpaired) electrons. The highest BCUT2D eigenvalue weighted by atomic mass is 16.2. The van der Waals surface area contributed by atoms with E-state index >= 15 is 0 Å². The fraction of sp³-hybridized carbons (Fsp3) is 0.440. The predicted molar refractivity (Wildman–Crippen MR) is 119 cm³/mol. The lowest BCUT2D eigenvalue weighted by atomic mass is 9.63. The molecule has 1 amide bonds. The SMILES string of the molecule is Cc1ccnc(NC(=O)C23CCC(C)(c4nc5cc(C)c(C)cc5nc42)C3(C)C)c1. The van der Waals surface area contributed by atoms with Crippen molar-refractivity contribution in [3.05, 3.63) is 58.5 Å². The molecule has 5 rings (SSSR count). The summed E-state index contributed by atoms with van der Waals surface area (Å²) >= 11 is 0. The van der Waals surface area contributed by atoms with Crippen LogP contribution in [-0.2, 0) is 15.6 Å². The Bertz CT molecular complexity index is 1230. The molecule has 1 N–H and O–H groups in total. The van der Waals surface area contributed by atoms with Crippen molar-refractivity contribution in [1.29, 1.82) is 0 Å². The molecule has 0 aliphatic heterocycles. The molecule has 1 fully saturated rings. The standard InChI is InChI=1S/C25H28N4O/c1-14-7-10-26-19(11-14)29-22(30)25-9-8-24(6,23(25,4)5)20-21(25)28-18-13-16(3)15(2)12-17(18)27-20/h7,10-13H,8-9H2,1-6H3,(H,26,29,30). The number of amides is 1. The Morgan fingerprint density at radius 2 is 1.57 bits per heavy atom. The quantitative estimate of drug-likeness (QED) is 0.663. The molecule has 2 aliphatic rings. The fourth-order valence-corrected chi connectivity index (χ4v) is 5.69. The third-order valence-electron chi connectivity index (χ3n) is 8.20. The van der Waals surface area contributed by atoms with Gasteiger partial charge in [-0.05, 0) is 80.0 Å². The van der Waals surface area contributed by atoms with E-state index in [2.05, 4.69) is 57.1 Å². The molecule has 3 aromatic rings. The van der Waals surface area contributed by atoms with Crippen LogP contribution in [0.5, 0.6) is 0 Å². The van der Waals surface area contributed by atoms with Gasteiger partial charge in [0.2, 0.25) is 5.91 Å². The number of carbonyl (C=O) groups is 1. The Labute approximate surface area is 177 Å². The van der Waals surface area contributed by atoms with Gasteiger partial charge < -0.3 is 5.32 Å². The zero-order chi connectivity index (χ0) is 21.5. The van der Waals surface area contributed by atoms with E-state index in [0.717, 1.165) is 40.8 Å². The zero-order valence-electron chi connectivity index (χ0n) is 18.6. The molecule has 0 spiro atoms. The third-order valence-corrected chi connectivity index (χ3v) is 8.20. The Morgan fingerprint density at radius 1 is 0.933 bits per heavy atom. The van der Waals surface area contributed by atoms with Crippen molar-refractivity contribution in [3.8, 4) is 0 Å². The number of pyridine rings is 1. The summed E-state index contributed by atoms with van der Waals surface area (Å²) in [4.78, 5) is 28.4. The van der Waals surface area contributed by atoms with Crippen LogP contribution in [0.15, 0.2) is 30.5 Å². The first kappa shape index (κ1) is 19.2. The van der Waals surface area contributed by atoms with Crippen LogP contribution < -0.4 is 5.32 Å². The van der Waals surface area contributed by atoms with Crippen molar-refractivity contribution in [3.63, 3.8) is 0 Å². The molecule has 1 saturated carbocycles. The maximum Gasteiger partial charge on any atom is 0.238 e. The van der Waals surface area contributed by atoms with E-state index in [0.29, 0.717) is 5.82 Å². The van der Waals surface area contributed by atoms with Crippen LogP contribution >= 0.6 is 0 Å². The first-order chi connectivity index (χ1) is 14.1. The normalized spacial score (nSPS) is 26.1. The third kappa shape index (κ3) is 2.18. The number of aromatic nitrogens is 3. The molecule has 2 aliphatic carbocycles. The number of nitrogens with zero attached hydrogens (tertiary/aromatic N) is 3. The number of hydrogen-bond acceptors (Lipinski definition) is 4. The maximum absolute atomic E-state index is 13.9. The van der Waals surface area contributed by atoms with Crippen LogP contribution in [0.4, 0.5) is 5.82 Å².